The van der Waals surface area contributed by atoms with Gasteiger partial charge in [-0.3, -0.25) is 0 Å². The molecule has 10 heteroatoms. The molecule has 0 atom stereocenters. The third kappa shape index (κ3) is 8.15. The van der Waals surface area contributed by atoms with Gasteiger partial charge >= 0.3 is 14.2 Å². The van der Waals surface area contributed by atoms with E-state index in [4.69, 9.17) is 18.6 Å². The summed E-state index contributed by atoms with van der Waals surface area (Å²) in [5.41, 5.74) is 15.3. The molecule has 2 saturated heterocycles. The summed E-state index contributed by atoms with van der Waals surface area (Å²) in [4.78, 5) is 4.77. The Morgan fingerprint density at radius 2 is 0.722 bits per heavy atom. The Morgan fingerprint density at radius 3 is 1.11 bits per heavy atom. The van der Waals surface area contributed by atoms with Crippen molar-refractivity contribution in [3.63, 3.8) is 0 Å². The second kappa shape index (κ2) is 17.5. The number of aromatic nitrogens is 1. The minimum absolute atomic E-state index is 0.264. The number of halogens is 1. The number of aryl methyl sites for hydroxylation is 4. The smallest absolute Gasteiger partial charge is 0.399 e. The first-order chi connectivity index (χ1) is 34.5. The quantitative estimate of drug-likeness (QED) is 0.134. The average Bonchev–Trinajstić information content (AvgIpc) is 3.90. The second-order valence-electron chi connectivity index (χ2n) is 22.6. The van der Waals surface area contributed by atoms with E-state index < -0.39 is 36.6 Å². The monoisotopic (exact) mass is 956 g/mol. The fourth-order valence-electron chi connectivity index (χ4n) is 11.3. The molecule has 0 bridgehead atoms. The molecule has 0 amide bonds. The van der Waals surface area contributed by atoms with E-state index >= 15 is 0 Å². The molecule has 2 aliphatic carbocycles. The van der Waals surface area contributed by atoms with Crippen molar-refractivity contribution in [3.8, 4) is 5.69 Å². The topological polar surface area (TPSA) is 48.3 Å². The van der Waals surface area contributed by atoms with Crippen LogP contribution >= 0.6 is 0 Å². The summed E-state index contributed by atoms with van der Waals surface area (Å²) >= 11 is 0. The largest absolute Gasteiger partial charge is 0.494 e. The second-order valence-corrected chi connectivity index (χ2v) is 22.6. The van der Waals surface area contributed by atoms with Gasteiger partial charge in [0.1, 0.15) is 5.82 Å². The highest BCUT2D eigenvalue weighted by atomic mass is 19.1. The molecule has 0 spiro atoms. The molecular formula is C62H64B2FN3O4. The summed E-state index contributed by atoms with van der Waals surface area (Å²) in [6.45, 7) is 16.8. The van der Waals surface area contributed by atoms with E-state index in [1.807, 2.05) is 12.1 Å². The molecule has 0 N–H and O–H groups in total. The number of hydrogen-bond donors (Lipinski definition) is 0. The first-order valence-corrected chi connectivity index (χ1v) is 26.1. The predicted molar refractivity (Wildman–Crippen MR) is 295 cm³/mol. The molecule has 12 rings (SSSR count). The lowest BCUT2D eigenvalue weighted by molar-refractivity contribution is 0.00578. The van der Waals surface area contributed by atoms with E-state index in [9.17, 15) is 4.39 Å². The van der Waals surface area contributed by atoms with Gasteiger partial charge in [0.05, 0.1) is 33.4 Å². The molecule has 3 heterocycles. The molecular weight excluding hydrogens is 891 g/mol. The van der Waals surface area contributed by atoms with Crippen molar-refractivity contribution in [1.29, 1.82) is 0 Å². The zero-order valence-electron chi connectivity index (χ0n) is 43.0. The van der Waals surface area contributed by atoms with Crippen molar-refractivity contribution in [3.05, 3.63) is 174 Å². The summed E-state index contributed by atoms with van der Waals surface area (Å²) in [6.07, 6.45) is 9.23. The molecule has 2 fully saturated rings. The van der Waals surface area contributed by atoms with Gasteiger partial charge < -0.3 is 33.0 Å². The van der Waals surface area contributed by atoms with Gasteiger partial charge in [-0.25, -0.2) is 4.39 Å². The number of rotatable bonds is 9. The molecule has 0 unspecified atom stereocenters. The maximum atomic E-state index is 14.6. The van der Waals surface area contributed by atoms with Crippen LogP contribution in [0.5, 0.6) is 0 Å². The van der Waals surface area contributed by atoms with Crippen molar-refractivity contribution < 1.29 is 23.0 Å². The summed E-state index contributed by atoms with van der Waals surface area (Å²) in [5.74, 6) is -0.264. The normalized spacial score (nSPS) is 18.6. The van der Waals surface area contributed by atoms with Gasteiger partial charge in [0.25, 0.3) is 0 Å². The van der Waals surface area contributed by atoms with Crippen LogP contribution in [0.4, 0.5) is 38.5 Å². The molecule has 2 aliphatic heterocycles. The van der Waals surface area contributed by atoms with E-state index in [2.05, 4.69) is 191 Å². The summed E-state index contributed by atoms with van der Waals surface area (Å²) in [6, 6.07) is 51.8. The Morgan fingerprint density at radius 1 is 0.389 bits per heavy atom. The molecule has 1 aromatic heterocycles. The minimum Gasteiger partial charge on any atom is -0.399 e. The maximum absolute atomic E-state index is 14.6. The van der Waals surface area contributed by atoms with Crippen molar-refractivity contribution in [1.82, 2.24) is 4.57 Å². The van der Waals surface area contributed by atoms with Crippen molar-refractivity contribution in [2.24, 2.45) is 0 Å². The van der Waals surface area contributed by atoms with Crippen LogP contribution in [0, 0.1) is 5.82 Å². The number of hydrogen-bond acceptors (Lipinski definition) is 6. The standard InChI is InChI=1S/C62H64B2FN3O4/c1-59(2)60(3,4)70-63(69-59)45-19-27-48(28-20-45)66(51-25-17-41-13-9-11-15-43(41)37-51)53-33-35-57-55(39-53)56-40-54(34-36-58(56)68(57)50-31-23-47(65)24-32-50)67(52-26-18-42-14-10-12-16-44(42)38-52)49-29-21-46(22-30-49)64-71-61(5,6)62(7,8)72-64/h17-40H,9-16H2,1-8H3. The van der Waals surface area contributed by atoms with Crippen molar-refractivity contribution >= 4 is 81.1 Å². The maximum Gasteiger partial charge on any atom is 0.494 e. The third-order valence-electron chi connectivity index (χ3n) is 16.9. The number of nitrogens with zero attached hydrogens (tertiary/aromatic N) is 3. The van der Waals surface area contributed by atoms with Crippen LogP contribution in [0.3, 0.4) is 0 Å². The molecule has 7 nitrogen and oxygen atoms in total. The number of anilines is 6. The highest BCUT2D eigenvalue weighted by Crippen LogP contribution is 2.45. The average molecular weight is 956 g/mol. The summed E-state index contributed by atoms with van der Waals surface area (Å²) in [7, 11) is -0.920. The molecule has 0 radical (unpaired) electrons. The van der Waals surface area contributed by atoms with Gasteiger partial charge in [-0.2, -0.15) is 0 Å². The number of fused-ring (bicyclic) bond motifs is 5. The van der Waals surface area contributed by atoms with Gasteiger partial charge in [-0.1, -0.05) is 36.4 Å². The first kappa shape index (κ1) is 46.9. The zero-order chi connectivity index (χ0) is 49.7. The molecule has 364 valence electrons. The fraction of sp³-hybridized carbons (Fsp3) is 0.323. The van der Waals surface area contributed by atoms with E-state index in [0.717, 1.165) is 98.2 Å². The van der Waals surface area contributed by atoms with Gasteiger partial charge in [0, 0.05) is 50.6 Å². The minimum atomic E-state index is -0.460. The Kier molecular flexibility index (Phi) is 11.4. The number of benzene rings is 7. The fourth-order valence-corrected chi connectivity index (χ4v) is 11.3. The Hall–Kier alpha value is -6.16. The lowest BCUT2D eigenvalue weighted by Crippen LogP contribution is -2.41. The van der Waals surface area contributed by atoms with E-state index in [1.165, 1.54) is 47.9 Å². The van der Waals surface area contributed by atoms with Crippen LogP contribution < -0.4 is 20.7 Å². The SMILES string of the molecule is CC1(C)OB(c2ccc(N(c3ccc4c(c3)CCCC4)c3ccc4c(c3)c3cc(N(c5ccc(B6OC(C)(C)C(C)(C)O6)cc5)c5ccc6c(c5)CCCC6)ccc3n4-c3ccc(F)cc3)cc2)OC1(C)C. The lowest BCUT2D eigenvalue weighted by atomic mass is 9.79. The van der Waals surface area contributed by atoms with Crippen LogP contribution in [0.15, 0.2) is 146 Å². The van der Waals surface area contributed by atoms with Crippen LogP contribution in [-0.4, -0.2) is 41.2 Å². The van der Waals surface area contributed by atoms with Gasteiger partial charge in [0.15, 0.2) is 0 Å². The van der Waals surface area contributed by atoms with E-state index in [0.29, 0.717) is 0 Å². The van der Waals surface area contributed by atoms with Gasteiger partial charge in [-0.05, 0) is 249 Å². The predicted octanol–water partition coefficient (Wildman–Crippen LogP) is 14.2. The Labute approximate surface area is 425 Å². The third-order valence-corrected chi connectivity index (χ3v) is 16.9. The van der Waals surface area contributed by atoms with Gasteiger partial charge in [-0.15, -0.1) is 0 Å². The highest BCUT2D eigenvalue weighted by Gasteiger charge is 2.52. The van der Waals surface area contributed by atoms with Crippen LogP contribution in [-0.2, 0) is 44.3 Å². The lowest BCUT2D eigenvalue weighted by Gasteiger charge is -2.32. The van der Waals surface area contributed by atoms with Crippen molar-refractivity contribution in [2.45, 2.75) is 129 Å². The summed E-state index contributed by atoms with van der Waals surface area (Å²) in [5, 5.41) is 2.18. The molecule has 7 aromatic carbocycles. The van der Waals surface area contributed by atoms with E-state index in [1.54, 1.807) is 12.1 Å². The highest BCUT2D eigenvalue weighted by molar-refractivity contribution is 6.62. The molecule has 8 aromatic rings. The van der Waals surface area contributed by atoms with E-state index in [-0.39, 0.29) is 5.82 Å². The van der Waals surface area contributed by atoms with Crippen LogP contribution in [0.25, 0.3) is 27.5 Å². The first-order valence-electron chi connectivity index (χ1n) is 26.1. The Balaban J connectivity index is 1.02. The molecule has 72 heavy (non-hydrogen) atoms. The zero-order valence-corrected chi connectivity index (χ0v) is 43.0. The van der Waals surface area contributed by atoms with Gasteiger partial charge in [0.2, 0.25) is 0 Å². The molecule has 0 saturated carbocycles. The summed E-state index contributed by atoms with van der Waals surface area (Å²) < 4.78 is 42.8. The van der Waals surface area contributed by atoms with Crippen LogP contribution in [0.2, 0.25) is 0 Å². The molecule has 4 aliphatic rings. The Bertz CT molecular complexity index is 3130. The van der Waals surface area contributed by atoms with Crippen molar-refractivity contribution in [2.75, 3.05) is 9.80 Å². The van der Waals surface area contributed by atoms with Crippen LogP contribution in [0.1, 0.15) is 103 Å².